The Kier molecular flexibility index (Phi) is 2.82. The van der Waals surface area contributed by atoms with E-state index in [1.165, 1.54) is 12.8 Å². The molecule has 1 aromatic heterocycles. The average Bonchev–Trinajstić information content (AvgIpc) is 2.76. The van der Waals surface area contributed by atoms with E-state index in [1.807, 2.05) is 24.3 Å². The molecule has 2 atom stereocenters. The molecule has 1 fully saturated rings. The van der Waals surface area contributed by atoms with Crippen molar-refractivity contribution in [3.8, 4) is 0 Å². The summed E-state index contributed by atoms with van der Waals surface area (Å²) in [6, 6.07) is 7.82. The topological polar surface area (TPSA) is 37.8 Å². The van der Waals surface area contributed by atoms with Gasteiger partial charge in [0.25, 0.3) is 5.56 Å². The Hall–Kier alpha value is -1.42. The van der Waals surface area contributed by atoms with Gasteiger partial charge in [0.05, 0.1) is 10.9 Å². The predicted molar refractivity (Wildman–Crippen MR) is 75.4 cm³/mol. The van der Waals surface area contributed by atoms with Gasteiger partial charge in [-0.15, -0.1) is 0 Å². The maximum atomic E-state index is 12.6. The Morgan fingerprint density at radius 3 is 2.83 bits per heavy atom. The highest BCUT2D eigenvalue weighted by Gasteiger charge is 2.26. The number of fused-ring (bicyclic) bond motifs is 1. The molecule has 2 unspecified atom stereocenters. The third kappa shape index (κ3) is 1.72. The Balaban J connectivity index is 2.30. The molecule has 3 nitrogen and oxygen atoms in total. The maximum absolute atomic E-state index is 12.6. The molecule has 1 N–H and O–H groups in total. The third-order valence-corrected chi connectivity index (χ3v) is 4.28. The number of nitrogens with zero attached hydrogens (tertiary/aromatic N) is 1. The van der Waals surface area contributed by atoms with Crippen LogP contribution in [0, 0.1) is 10.7 Å². The lowest BCUT2D eigenvalue weighted by molar-refractivity contribution is 0.392. The summed E-state index contributed by atoms with van der Waals surface area (Å²) in [5.41, 5.74) is 0.877. The molecule has 1 aliphatic carbocycles. The number of H-pyrrole nitrogens is 1. The number of aromatic nitrogens is 2. The van der Waals surface area contributed by atoms with Crippen LogP contribution < -0.4 is 5.56 Å². The van der Waals surface area contributed by atoms with Crippen molar-refractivity contribution in [1.82, 2.24) is 9.55 Å². The first kappa shape index (κ1) is 11.7. The second-order valence-electron chi connectivity index (χ2n) is 5.13. The molecule has 3 rings (SSSR count). The minimum atomic E-state index is 0.0492. The summed E-state index contributed by atoms with van der Waals surface area (Å²) in [5.74, 6) is 0.527. The lowest BCUT2D eigenvalue weighted by Gasteiger charge is -2.19. The van der Waals surface area contributed by atoms with Crippen LogP contribution in [0.4, 0.5) is 0 Å². The number of para-hydroxylation sites is 1. The molecule has 0 amide bonds. The second-order valence-corrected chi connectivity index (χ2v) is 5.51. The molecule has 0 saturated heterocycles. The van der Waals surface area contributed by atoms with E-state index in [0.717, 1.165) is 17.3 Å². The van der Waals surface area contributed by atoms with Crippen molar-refractivity contribution in [2.45, 2.75) is 32.2 Å². The quantitative estimate of drug-likeness (QED) is 0.798. The summed E-state index contributed by atoms with van der Waals surface area (Å²) in [6.07, 6.45) is 3.41. The highest BCUT2D eigenvalue weighted by molar-refractivity contribution is 7.71. The number of hydrogen-bond donors (Lipinski definition) is 1. The van der Waals surface area contributed by atoms with E-state index in [0.29, 0.717) is 10.7 Å². The molecule has 0 spiro atoms. The van der Waals surface area contributed by atoms with Gasteiger partial charge in [-0.25, -0.2) is 0 Å². The number of nitrogens with one attached hydrogen (secondary N) is 1. The van der Waals surface area contributed by atoms with Gasteiger partial charge >= 0.3 is 0 Å². The summed E-state index contributed by atoms with van der Waals surface area (Å²) in [7, 11) is 0. The summed E-state index contributed by atoms with van der Waals surface area (Å²) in [4.78, 5) is 15.7. The highest BCUT2D eigenvalue weighted by Crippen LogP contribution is 2.34. The van der Waals surface area contributed by atoms with Crippen molar-refractivity contribution >= 4 is 23.1 Å². The highest BCUT2D eigenvalue weighted by atomic mass is 32.1. The zero-order chi connectivity index (χ0) is 12.7. The molecular formula is C14H16N2OS. The van der Waals surface area contributed by atoms with Gasteiger partial charge in [0.1, 0.15) is 0 Å². The fourth-order valence-corrected chi connectivity index (χ4v) is 3.31. The fraction of sp³-hybridized carbons (Fsp3) is 0.429. The number of benzene rings is 1. The molecule has 18 heavy (non-hydrogen) atoms. The molecule has 0 bridgehead atoms. The third-order valence-electron chi connectivity index (χ3n) is 3.98. The summed E-state index contributed by atoms with van der Waals surface area (Å²) in [5, 5.41) is 0.727. The first-order chi connectivity index (χ1) is 8.68. The fourth-order valence-electron chi connectivity index (χ4n) is 2.99. The second kappa shape index (κ2) is 4.35. The zero-order valence-electron chi connectivity index (χ0n) is 10.3. The van der Waals surface area contributed by atoms with Gasteiger partial charge in [0.2, 0.25) is 0 Å². The van der Waals surface area contributed by atoms with Crippen LogP contribution in [0.15, 0.2) is 29.1 Å². The van der Waals surface area contributed by atoms with Gasteiger partial charge in [0.15, 0.2) is 4.77 Å². The van der Waals surface area contributed by atoms with Crippen molar-refractivity contribution in [2.24, 2.45) is 5.92 Å². The SMILES string of the molecule is CC1CCCC1n1c(=S)[nH]c2ccccc2c1=O. The Bertz CT molecular complexity index is 701. The number of aromatic amines is 1. The van der Waals surface area contributed by atoms with Crippen molar-refractivity contribution < 1.29 is 0 Å². The van der Waals surface area contributed by atoms with Crippen molar-refractivity contribution in [2.75, 3.05) is 0 Å². The van der Waals surface area contributed by atoms with Gasteiger partial charge in [-0.3, -0.25) is 9.36 Å². The standard InChI is InChI=1S/C14H16N2OS/c1-9-5-4-8-12(9)16-13(17)10-6-2-3-7-11(10)15-14(16)18/h2-3,6-7,9,12H,4-5,8H2,1H3,(H,15,18). The average molecular weight is 260 g/mol. The molecule has 4 heteroatoms. The van der Waals surface area contributed by atoms with Crippen LogP contribution in [0.1, 0.15) is 32.2 Å². The van der Waals surface area contributed by atoms with Crippen LogP contribution in [-0.4, -0.2) is 9.55 Å². The van der Waals surface area contributed by atoms with Gasteiger partial charge < -0.3 is 4.98 Å². The monoisotopic (exact) mass is 260 g/mol. The Morgan fingerprint density at radius 1 is 1.33 bits per heavy atom. The lowest BCUT2D eigenvalue weighted by atomic mass is 10.1. The van der Waals surface area contributed by atoms with E-state index in [2.05, 4.69) is 11.9 Å². The largest absolute Gasteiger partial charge is 0.332 e. The maximum Gasteiger partial charge on any atom is 0.262 e. The summed E-state index contributed by atoms with van der Waals surface area (Å²) >= 11 is 5.36. The van der Waals surface area contributed by atoms with Crippen LogP contribution in [-0.2, 0) is 0 Å². The van der Waals surface area contributed by atoms with Crippen LogP contribution >= 0.6 is 12.2 Å². The molecule has 2 aromatic rings. The molecule has 1 saturated carbocycles. The zero-order valence-corrected chi connectivity index (χ0v) is 11.2. The van der Waals surface area contributed by atoms with Crippen LogP contribution in [0.5, 0.6) is 0 Å². The van der Waals surface area contributed by atoms with Gasteiger partial charge in [-0.05, 0) is 43.1 Å². The van der Waals surface area contributed by atoms with E-state index in [4.69, 9.17) is 12.2 Å². The smallest absolute Gasteiger partial charge is 0.262 e. The molecule has 0 aliphatic heterocycles. The van der Waals surface area contributed by atoms with Crippen LogP contribution in [0.25, 0.3) is 10.9 Å². The van der Waals surface area contributed by atoms with E-state index in [9.17, 15) is 4.79 Å². The predicted octanol–water partition coefficient (Wildman–Crippen LogP) is 3.42. The van der Waals surface area contributed by atoms with Crippen LogP contribution in [0.3, 0.4) is 0 Å². The Morgan fingerprint density at radius 2 is 2.11 bits per heavy atom. The lowest BCUT2D eigenvalue weighted by Crippen LogP contribution is -2.27. The number of hydrogen-bond acceptors (Lipinski definition) is 2. The molecule has 1 aromatic carbocycles. The van der Waals surface area contributed by atoms with E-state index in [1.54, 1.807) is 4.57 Å². The minimum absolute atomic E-state index is 0.0492. The van der Waals surface area contributed by atoms with Gasteiger partial charge in [0, 0.05) is 6.04 Å². The van der Waals surface area contributed by atoms with Gasteiger partial charge in [-0.2, -0.15) is 0 Å². The molecule has 0 radical (unpaired) electrons. The normalized spacial score (nSPS) is 23.6. The van der Waals surface area contributed by atoms with Gasteiger partial charge in [-0.1, -0.05) is 25.5 Å². The minimum Gasteiger partial charge on any atom is -0.332 e. The van der Waals surface area contributed by atoms with Crippen molar-refractivity contribution in [3.63, 3.8) is 0 Å². The molecule has 94 valence electrons. The summed E-state index contributed by atoms with van der Waals surface area (Å²) < 4.78 is 2.34. The van der Waals surface area contributed by atoms with Crippen LogP contribution in [0.2, 0.25) is 0 Å². The van der Waals surface area contributed by atoms with Crippen molar-refractivity contribution in [1.29, 1.82) is 0 Å². The van der Waals surface area contributed by atoms with Crippen molar-refractivity contribution in [3.05, 3.63) is 39.4 Å². The van der Waals surface area contributed by atoms with E-state index < -0.39 is 0 Å². The molecule has 1 heterocycles. The molecule has 1 aliphatic rings. The Labute approximate surface area is 110 Å². The van der Waals surface area contributed by atoms with E-state index in [-0.39, 0.29) is 11.6 Å². The summed E-state index contributed by atoms with van der Waals surface area (Å²) in [6.45, 7) is 2.20. The van der Waals surface area contributed by atoms with E-state index >= 15 is 0 Å². The number of rotatable bonds is 1. The first-order valence-electron chi connectivity index (χ1n) is 6.42. The molecular weight excluding hydrogens is 244 g/mol. The first-order valence-corrected chi connectivity index (χ1v) is 6.83.